The van der Waals surface area contributed by atoms with Crippen molar-refractivity contribution in [1.82, 2.24) is 0 Å². The molecule has 2 heteroatoms. The summed E-state index contributed by atoms with van der Waals surface area (Å²) in [4.78, 5) is 2.59. The summed E-state index contributed by atoms with van der Waals surface area (Å²) in [5, 5.41) is 2.65. The molecule has 10 rings (SSSR count). The third kappa shape index (κ3) is 4.00. The van der Waals surface area contributed by atoms with Gasteiger partial charge < -0.3 is 4.90 Å². The monoisotopic (exact) mass is 659 g/mol. The third-order valence-corrected chi connectivity index (χ3v) is 12.6. The first-order valence-corrected chi connectivity index (χ1v) is 18.4. The molecule has 50 heavy (non-hydrogen) atoms. The molecule has 0 amide bonds. The highest BCUT2D eigenvalue weighted by atomic mass is 32.1. The van der Waals surface area contributed by atoms with E-state index in [0.717, 1.165) is 0 Å². The minimum atomic E-state index is -0.180. The van der Waals surface area contributed by atoms with Crippen molar-refractivity contribution < 1.29 is 0 Å². The van der Waals surface area contributed by atoms with Crippen molar-refractivity contribution in [2.45, 2.75) is 38.5 Å². The van der Waals surface area contributed by atoms with Crippen LogP contribution in [0.1, 0.15) is 49.9 Å². The van der Waals surface area contributed by atoms with Crippen LogP contribution in [0.25, 0.3) is 53.6 Å². The van der Waals surface area contributed by atoms with Crippen molar-refractivity contribution in [3.63, 3.8) is 0 Å². The minimum absolute atomic E-state index is 0.104. The Labute approximate surface area is 298 Å². The fourth-order valence-corrected chi connectivity index (χ4v) is 10.3. The van der Waals surface area contributed by atoms with Crippen LogP contribution in [0.5, 0.6) is 0 Å². The number of benzene rings is 7. The SMILES string of the molecule is CC1(C)c2ccccc2-c2c(N(c3ccccc3-c3ccc4c(c3)sc3ccccc34)c3cccc4c3C(C)(C)c3ccccc3-4)cccc21. The Bertz CT molecular complexity index is 2670. The highest BCUT2D eigenvalue weighted by molar-refractivity contribution is 7.25. The van der Waals surface area contributed by atoms with Crippen LogP contribution in [0.15, 0.2) is 152 Å². The quantitative estimate of drug-likeness (QED) is 0.182. The highest BCUT2D eigenvalue weighted by Gasteiger charge is 2.41. The molecular weight excluding hydrogens is 623 g/mol. The Morgan fingerprint density at radius 3 is 1.84 bits per heavy atom. The van der Waals surface area contributed by atoms with E-state index in [0.29, 0.717) is 0 Å². The van der Waals surface area contributed by atoms with Gasteiger partial charge in [0.1, 0.15) is 0 Å². The maximum absolute atomic E-state index is 2.59. The van der Waals surface area contributed by atoms with Crippen molar-refractivity contribution in [3.8, 4) is 33.4 Å². The van der Waals surface area contributed by atoms with Crippen LogP contribution >= 0.6 is 11.3 Å². The molecule has 1 nitrogen and oxygen atoms in total. The van der Waals surface area contributed by atoms with Crippen LogP contribution in [-0.4, -0.2) is 0 Å². The van der Waals surface area contributed by atoms with E-state index in [2.05, 4.69) is 184 Å². The predicted molar refractivity (Wildman–Crippen MR) is 215 cm³/mol. The first kappa shape index (κ1) is 29.5. The van der Waals surface area contributed by atoms with Crippen molar-refractivity contribution in [2.24, 2.45) is 0 Å². The molecule has 7 aromatic carbocycles. The average Bonchev–Trinajstić information content (AvgIpc) is 3.72. The van der Waals surface area contributed by atoms with Gasteiger partial charge in [0, 0.05) is 42.1 Å². The molecule has 8 aromatic rings. The maximum atomic E-state index is 2.59. The summed E-state index contributed by atoms with van der Waals surface area (Å²) < 4.78 is 2.65. The molecule has 0 unspecified atom stereocenters. The standard InChI is InChI=1S/C48H37NS/c1-47(2)38-21-10-6-18-36(38)45-39(47)22-14-24-41(45)49(42-25-13-19-35-32-16-5-9-20-37(32)48(3,4)46(35)42)40-23-11-7-15-31(40)30-27-28-34-33-17-8-12-26-43(33)50-44(34)29-30/h5-29H,1-4H3. The van der Waals surface area contributed by atoms with Crippen LogP contribution in [0.3, 0.4) is 0 Å². The van der Waals surface area contributed by atoms with Gasteiger partial charge in [-0.3, -0.25) is 0 Å². The van der Waals surface area contributed by atoms with Crippen molar-refractivity contribution in [3.05, 3.63) is 174 Å². The molecule has 0 aliphatic heterocycles. The molecule has 0 saturated carbocycles. The van der Waals surface area contributed by atoms with E-state index in [1.54, 1.807) is 0 Å². The summed E-state index contributed by atoms with van der Waals surface area (Å²) in [6.45, 7) is 9.54. The number of hydrogen-bond acceptors (Lipinski definition) is 2. The second-order valence-electron chi connectivity index (χ2n) is 14.9. The van der Waals surface area contributed by atoms with Gasteiger partial charge in [-0.25, -0.2) is 0 Å². The zero-order valence-corrected chi connectivity index (χ0v) is 29.6. The summed E-state index contributed by atoms with van der Waals surface area (Å²) in [7, 11) is 0. The molecule has 0 spiro atoms. The molecule has 0 bridgehead atoms. The van der Waals surface area contributed by atoms with Crippen molar-refractivity contribution in [1.29, 1.82) is 0 Å². The number of rotatable bonds is 4. The second-order valence-corrected chi connectivity index (χ2v) is 16.0. The molecular formula is C48H37NS. The predicted octanol–water partition coefficient (Wildman–Crippen LogP) is 13.8. The Morgan fingerprint density at radius 2 is 1.00 bits per heavy atom. The highest BCUT2D eigenvalue weighted by Crippen LogP contribution is 2.58. The van der Waals surface area contributed by atoms with E-state index in [4.69, 9.17) is 0 Å². The van der Waals surface area contributed by atoms with Gasteiger partial charge in [-0.1, -0.05) is 149 Å². The number of anilines is 3. The van der Waals surface area contributed by atoms with Gasteiger partial charge in [0.15, 0.2) is 0 Å². The van der Waals surface area contributed by atoms with Crippen molar-refractivity contribution in [2.75, 3.05) is 4.90 Å². The van der Waals surface area contributed by atoms with E-state index in [1.807, 2.05) is 11.3 Å². The summed E-state index contributed by atoms with van der Waals surface area (Å²) >= 11 is 1.88. The van der Waals surface area contributed by atoms with Crippen molar-refractivity contribution >= 4 is 48.6 Å². The lowest BCUT2D eigenvalue weighted by molar-refractivity contribution is 0.659. The van der Waals surface area contributed by atoms with Gasteiger partial charge in [0.05, 0.1) is 17.1 Å². The normalized spacial score (nSPS) is 14.7. The molecule has 1 heterocycles. The molecule has 2 aliphatic carbocycles. The van der Waals surface area contributed by atoms with Gasteiger partial charge in [-0.15, -0.1) is 11.3 Å². The van der Waals surface area contributed by atoms with Crippen LogP contribution in [-0.2, 0) is 10.8 Å². The summed E-state index contributed by atoms with van der Waals surface area (Å²) in [5.74, 6) is 0. The van der Waals surface area contributed by atoms with Crippen LogP contribution in [0.2, 0.25) is 0 Å². The molecule has 240 valence electrons. The summed E-state index contributed by atoms with van der Waals surface area (Å²) in [6, 6.07) is 56.7. The van der Waals surface area contributed by atoms with Crippen LogP contribution < -0.4 is 4.90 Å². The first-order valence-electron chi connectivity index (χ1n) is 17.6. The number of para-hydroxylation sites is 1. The van der Waals surface area contributed by atoms with E-state index in [-0.39, 0.29) is 10.8 Å². The van der Waals surface area contributed by atoms with E-state index in [9.17, 15) is 0 Å². The number of hydrogen-bond donors (Lipinski definition) is 0. The fraction of sp³-hybridized carbons (Fsp3) is 0.125. The Kier molecular flexibility index (Phi) is 6.21. The zero-order chi connectivity index (χ0) is 33.8. The lowest BCUT2D eigenvalue weighted by atomic mass is 9.81. The molecule has 0 N–H and O–H groups in total. The second kappa shape index (κ2) is 10.5. The smallest absolute Gasteiger partial charge is 0.0543 e. The van der Waals surface area contributed by atoms with Gasteiger partial charge in [-0.2, -0.15) is 0 Å². The van der Waals surface area contributed by atoms with Crippen LogP contribution in [0, 0.1) is 0 Å². The number of nitrogens with zero attached hydrogens (tertiary/aromatic N) is 1. The van der Waals surface area contributed by atoms with Gasteiger partial charge in [0.2, 0.25) is 0 Å². The molecule has 2 aliphatic rings. The zero-order valence-electron chi connectivity index (χ0n) is 28.8. The van der Waals surface area contributed by atoms with Crippen LogP contribution in [0.4, 0.5) is 17.1 Å². The Hall–Kier alpha value is -5.44. The molecule has 0 fully saturated rings. The molecule has 0 atom stereocenters. The molecule has 0 radical (unpaired) electrons. The number of fused-ring (bicyclic) bond motifs is 9. The lowest BCUT2D eigenvalue weighted by Crippen LogP contribution is -2.21. The third-order valence-electron chi connectivity index (χ3n) is 11.5. The van der Waals surface area contributed by atoms with E-state index < -0.39 is 0 Å². The average molecular weight is 660 g/mol. The van der Waals surface area contributed by atoms with Gasteiger partial charge in [0.25, 0.3) is 0 Å². The summed E-state index contributed by atoms with van der Waals surface area (Å²) in [6.07, 6.45) is 0. The molecule has 1 aromatic heterocycles. The summed E-state index contributed by atoms with van der Waals surface area (Å²) in [5.41, 5.74) is 16.6. The maximum Gasteiger partial charge on any atom is 0.0543 e. The van der Waals surface area contributed by atoms with Gasteiger partial charge in [-0.05, 0) is 74.8 Å². The minimum Gasteiger partial charge on any atom is -0.309 e. The van der Waals surface area contributed by atoms with E-state index in [1.165, 1.54) is 92.9 Å². The first-order chi connectivity index (χ1) is 24.3. The Balaban J connectivity index is 1.28. The largest absolute Gasteiger partial charge is 0.309 e. The molecule has 0 saturated heterocycles. The Morgan fingerprint density at radius 1 is 0.420 bits per heavy atom. The lowest BCUT2D eigenvalue weighted by Gasteiger charge is -2.34. The number of thiophene rings is 1. The topological polar surface area (TPSA) is 3.24 Å². The van der Waals surface area contributed by atoms with E-state index >= 15 is 0 Å². The fourth-order valence-electron chi connectivity index (χ4n) is 9.12. The van der Waals surface area contributed by atoms with Gasteiger partial charge >= 0.3 is 0 Å².